The van der Waals surface area contributed by atoms with E-state index in [1.165, 1.54) is 46.0 Å². The lowest BCUT2D eigenvalue weighted by Crippen LogP contribution is -2.42. The topological polar surface area (TPSA) is 98.6 Å². The van der Waals surface area contributed by atoms with Gasteiger partial charge in [-0.2, -0.15) is 0 Å². The van der Waals surface area contributed by atoms with E-state index in [1.54, 1.807) is 54.6 Å². The van der Waals surface area contributed by atoms with E-state index in [4.69, 9.17) is 9.47 Å². The number of nitrogens with zero attached hydrogens (tertiary/aromatic N) is 4. The summed E-state index contributed by atoms with van der Waals surface area (Å²) in [5, 5.41) is 11.0. The number of nitrogens with one attached hydrogen (secondary N) is 1. The van der Waals surface area contributed by atoms with Crippen LogP contribution < -0.4 is 14.8 Å². The Bertz CT molecular complexity index is 1760. The molecule has 41 heavy (non-hydrogen) atoms. The van der Waals surface area contributed by atoms with Gasteiger partial charge in [0.1, 0.15) is 29.7 Å². The van der Waals surface area contributed by atoms with Crippen LogP contribution in [0.3, 0.4) is 0 Å². The van der Waals surface area contributed by atoms with Crippen molar-refractivity contribution in [2.45, 2.75) is 19.1 Å². The zero-order chi connectivity index (χ0) is 28.3. The maximum atomic E-state index is 14.9. The zero-order valence-corrected chi connectivity index (χ0v) is 21.5. The second-order valence-corrected chi connectivity index (χ2v) is 9.36. The van der Waals surface area contributed by atoms with Gasteiger partial charge in [-0.05, 0) is 48.0 Å². The Balaban J connectivity index is 1.40. The van der Waals surface area contributed by atoms with Crippen LogP contribution in [0.2, 0.25) is 0 Å². The Kier molecular flexibility index (Phi) is 6.99. The summed E-state index contributed by atoms with van der Waals surface area (Å²) >= 11 is 0. The van der Waals surface area contributed by atoms with Crippen molar-refractivity contribution < 1.29 is 27.8 Å². The quantitative estimate of drug-likeness (QED) is 0.294. The van der Waals surface area contributed by atoms with Crippen LogP contribution in [0.4, 0.5) is 14.5 Å². The van der Waals surface area contributed by atoms with Gasteiger partial charge in [0.2, 0.25) is 12.7 Å². The largest absolute Gasteiger partial charge is 0.454 e. The molecule has 1 aliphatic heterocycles. The molecule has 0 saturated carbocycles. The van der Waals surface area contributed by atoms with E-state index in [2.05, 4.69) is 15.6 Å². The second-order valence-electron chi connectivity index (χ2n) is 9.36. The van der Waals surface area contributed by atoms with E-state index < -0.39 is 29.5 Å². The lowest BCUT2D eigenvalue weighted by Gasteiger charge is -2.32. The first-order valence-electron chi connectivity index (χ1n) is 12.7. The monoisotopic (exact) mass is 555 g/mol. The molecule has 9 nitrogen and oxygen atoms in total. The van der Waals surface area contributed by atoms with Crippen LogP contribution in [0.15, 0.2) is 91.0 Å². The van der Waals surface area contributed by atoms with Gasteiger partial charge in [0, 0.05) is 23.9 Å². The van der Waals surface area contributed by atoms with Gasteiger partial charge in [0.25, 0.3) is 5.91 Å². The van der Waals surface area contributed by atoms with Gasteiger partial charge in [0.05, 0.1) is 5.52 Å². The van der Waals surface area contributed by atoms with Crippen LogP contribution >= 0.6 is 0 Å². The number of amides is 2. The van der Waals surface area contributed by atoms with Gasteiger partial charge in [-0.15, -0.1) is 5.10 Å². The Morgan fingerprint density at radius 1 is 0.927 bits per heavy atom. The van der Waals surface area contributed by atoms with Crippen molar-refractivity contribution in [3.05, 3.63) is 114 Å². The van der Waals surface area contributed by atoms with E-state index in [0.717, 1.165) is 0 Å². The predicted octanol–water partition coefficient (Wildman–Crippen LogP) is 4.85. The Labute approximate surface area is 232 Å². The van der Waals surface area contributed by atoms with Gasteiger partial charge in [0.15, 0.2) is 11.5 Å². The van der Waals surface area contributed by atoms with E-state index in [-0.39, 0.29) is 31.0 Å². The standard InChI is InChI=1S/C30H23F2N5O4/c31-21-8-5-7-19(14-21)29(30(39)33-22-12-13-26-27(15-22)41-18-40-26)36(16-20-6-1-2-9-23(20)32)28(38)17-37-25-11-4-3-10-24(25)34-35-37/h1-15,29H,16-18H2,(H,33,39)/t29-/m1/s1. The van der Waals surface area contributed by atoms with E-state index in [0.29, 0.717) is 28.2 Å². The predicted molar refractivity (Wildman–Crippen MR) is 145 cm³/mol. The van der Waals surface area contributed by atoms with Crippen LogP contribution in [-0.2, 0) is 22.7 Å². The molecule has 0 radical (unpaired) electrons. The van der Waals surface area contributed by atoms with Gasteiger partial charge < -0.3 is 19.7 Å². The van der Waals surface area contributed by atoms with Gasteiger partial charge in [-0.3, -0.25) is 9.59 Å². The minimum atomic E-state index is -1.34. The highest BCUT2D eigenvalue weighted by molar-refractivity contribution is 5.98. The van der Waals surface area contributed by atoms with Crippen LogP contribution in [0.1, 0.15) is 17.2 Å². The summed E-state index contributed by atoms with van der Waals surface area (Å²) in [7, 11) is 0. The number of halogens is 2. The Morgan fingerprint density at radius 2 is 1.73 bits per heavy atom. The highest BCUT2D eigenvalue weighted by Gasteiger charge is 2.33. The molecular weight excluding hydrogens is 532 g/mol. The summed E-state index contributed by atoms with van der Waals surface area (Å²) in [5.74, 6) is -1.36. The second kappa shape index (κ2) is 11.0. The van der Waals surface area contributed by atoms with Crippen molar-refractivity contribution in [2.24, 2.45) is 0 Å². The molecule has 1 atom stereocenters. The molecule has 11 heteroatoms. The molecule has 0 aliphatic carbocycles. The van der Waals surface area contributed by atoms with Crippen LogP contribution in [-0.4, -0.2) is 38.5 Å². The Hall–Kier alpha value is -5.32. The number of fused-ring (bicyclic) bond motifs is 2. The number of aromatic nitrogens is 3. The number of benzene rings is 4. The molecule has 0 spiro atoms. The van der Waals surface area contributed by atoms with E-state index in [1.807, 2.05) is 0 Å². The molecule has 2 heterocycles. The summed E-state index contributed by atoms with van der Waals surface area (Å²) in [6.45, 7) is -0.507. The molecule has 1 aromatic heterocycles. The molecule has 6 rings (SSSR count). The summed E-state index contributed by atoms with van der Waals surface area (Å²) in [6, 6.07) is 22.0. The SMILES string of the molecule is O=C(Nc1ccc2c(c1)OCO2)[C@@H](c1cccc(F)c1)N(Cc1ccccc1F)C(=O)Cn1nnc2ccccc21. The molecule has 206 valence electrons. The van der Waals surface area contributed by atoms with Crippen molar-refractivity contribution in [3.8, 4) is 11.5 Å². The van der Waals surface area contributed by atoms with Crippen LogP contribution in [0, 0.1) is 11.6 Å². The fourth-order valence-electron chi connectivity index (χ4n) is 4.72. The molecule has 0 bridgehead atoms. The molecule has 1 aliphatic rings. The first-order valence-corrected chi connectivity index (χ1v) is 12.7. The zero-order valence-electron chi connectivity index (χ0n) is 21.5. The lowest BCUT2D eigenvalue weighted by atomic mass is 10.0. The molecule has 0 fully saturated rings. The number of rotatable bonds is 8. The van der Waals surface area contributed by atoms with Crippen molar-refractivity contribution in [3.63, 3.8) is 0 Å². The number of carbonyl (C=O) groups is 2. The van der Waals surface area contributed by atoms with Crippen molar-refractivity contribution >= 4 is 28.5 Å². The van der Waals surface area contributed by atoms with E-state index in [9.17, 15) is 18.4 Å². The van der Waals surface area contributed by atoms with Crippen LogP contribution in [0.25, 0.3) is 11.0 Å². The lowest BCUT2D eigenvalue weighted by molar-refractivity contribution is -0.140. The third kappa shape index (κ3) is 5.42. The normalized spacial score (nSPS) is 12.7. The molecule has 1 N–H and O–H groups in total. The first-order chi connectivity index (χ1) is 20.0. The Morgan fingerprint density at radius 3 is 2.59 bits per heavy atom. The minimum absolute atomic E-state index is 0.0561. The third-order valence-corrected chi connectivity index (χ3v) is 6.69. The molecule has 0 unspecified atom stereocenters. The summed E-state index contributed by atoms with van der Waals surface area (Å²) in [6.07, 6.45) is 0. The van der Waals surface area contributed by atoms with Crippen LogP contribution in [0.5, 0.6) is 11.5 Å². The molecule has 5 aromatic rings. The molecule has 0 saturated heterocycles. The van der Waals surface area contributed by atoms with Gasteiger partial charge in [-0.25, -0.2) is 13.5 Å². The molecule has 4 aromatic carbocycles. The van der Waals surface area contributed by atoms with E-state index >= 15 is 0 Å². The number of carbonyl (C=O) groups excluding carboxylic acids is 2. The number of hydrogen-bond acceptors (Lipinski definition) is 6. The van der Waals surface area contributed by atoms with Crippen molar-refractivity contribution in [1.29, 1.82) is 0 Å². The average Bonchev–Trinajstić information content (AvgIpc) is 3.60. The highest BCUT2D eigenvalue weighted by Crippen LogP contribution is 2.35. The summed E-state index contributed by atoms with van der Waals surface area (Å²) in [4.78, 5) is 29.1. The van der Waals surface area contributed by atoms with Crippen molar-refractivity contribution in [2.75, 3.05) is 12.1 Å². The number of hydrogen-bond donors (Lipinski definition) is 1. The van der Waals surface area contributed by atoms with Gasteiger partial charge in [-0.1, -0.05) is 47.7 Å². The van der Waals surface area contributed by atoms with Gasteiger partial charge >= 0.3 is 0 Å². The fourth-order valence-corrected chi connectivity index (χ4v) is 4.72. The smallest absolute Gasteiger partial charge is 0.251 e. The number of para-hydroxylation sites is 1. The molecule has 2 amide bonds. The maximum Gasteiger partial charge on any atom is 0.251 e. The maximum absolute atomic E-state index is 14.9. The van der Waals surface area contributed by atoms with Crippen molar-refractivity contribution in [1.82, 2.24) is 19.9 Å². The number of ether oxygens (including phenoxy) is 2. The summed E-state index contributed by atoms with van der Waals surface area (Å²) < 4.78 is 41.5. The summed E-state index contributed by atoms with van der Waals surface area (Å²) in [5.41, 5.74) is 1.96. The number of anilines is 1. The minimum Gasteiger partial charge on any atom is -0.454 e. The fraction of sp³-hybridized carbons (Fsp3) is 0.133. The third-order valence-electron chi connectivity index (χ3n) is 6.69. The highest BCUT2D eigenvalue weighted by atomic mass is 19.1. The first kappa shape index (κ1) is 25.9. The average molecular weight is 556 g/mol. The molecular formula is C30H23F2N5O4.